The fourth-order valence-corrected chi connectivity index (χ4v) is 3.83. The standard InChI is InChI=1S/C23H31N3O6S/c1-23(2,3)32-22(28)26(4)15-7-14-24-21(27)17-8-6-9-20(16-17)33(29,30)25-18-10-12-19(31-5)13-11-18/h6,8-13,16,25H,7,14-15H2,1-5H3,(H,24,27). The fourth-order valence-electron chi connectivity index (χ4n) is 2.73. The minimum atomic E-state index is -3.88. The van der Waals surface area contributed by atoms with Gasteiger partial charge in [0.1, 0.15) is 11.4 Å². The first-order valence-corrected chi connectivity index (χ1v) is 11.9. The summed E-state index contributed by atoms with van der Waals surface area (Å²) in [5.74, 6) is 0.199. The van der Waals surface area contributed by atoms with Crippen LogP contribution in [-0.2, 0) is 14.8 Å². The predicted octanol–water partition coefficient (Wildman–Crippen LogP) is 3.48. The van der Waals surface area contributed by atoms with Crippen molar-refractivity contribution in [2.45, 2.75) is 37.7 Å². The van der Waals surface area contributed by atoms with Crippen LogP contribution >= 0.6 is 0 Å². The highest BCUT2D eigenvalue weighted by Crippen LogP contribution is 2.20. The topological polar surface area (TPSA) is 114 Å². The van der Waals surface area contributed by atoms with Crippen LogP contribution in [0.15, 0.2) is 53.4 Å². The number of anilines is 1. The monoisotopic (exact) mass is 477 g/mol. The third-order valence-electron chi connectivity index (χ3n) is 4.41. The molecule has 2 rings (SSSR count). The zero-order valence-electron chi connectivity index (χ0n) is 19.5. The van der Waals surface area contributed by atoms with Crippen LogP contribution in [0.4, 0.5) is 10.5 Å². The summed E-state index contributed by atoms with van der Waals surface area (Å²) < 4.78 is 38.2. The predicted molar refractivity (Wildman–Crippen MR) is 126 cm³/mol. The van der Waals surface area contributed by atoms with Crippen molar-refractivity contribution in [3.05, 3.63) is 54.1 Å². The maximum absolute atomic E-state index is 12.7. The summed E-state index contributed by atoms with van der Waals surface area (Å²) in [6.45, 7) is 6.09. The van der Waals surface area contributed by atoms with Crippen LogP contribution in [0.5, 0.6) is 5.75 Å². The number of ether oxygens (including phenoxy) is 2. The molecule has 2 aromatic rings. The minimum absolute atomic E-state index is 0.0318. The van der Waals surface area contributed by atoms with E-state index in [1.165, 1.54) is 36.3 Å². The molecule has 0 heterocycles. The van der Waals surface area contributed by atoms with Gasteiger partial charge in [-0.15, -0.1) is 0 Å². The lowest BCUT2D eigenvalue weighted by molar-refractivity contribution is 0.0297. The molecule has 9 nitrogen and oxygen atoms in total. The number of sulfonamides is 1. The highest BCUT2D eigenvalue weighted by atomic mass is 32.2. The van der Waals surface area contributed by atoms with Gasteiger partial charge in [0.2, 0.25) is 0 Å². The molecule has 0 aromatic heterocycles. The maximum Gasteiger partial charge on any atom is 0.410 e. The lowest BCUT2D eigenvalue weighted by atomic mass is 10.2. The van der Waals surface area contributed by atoms with Crippen LogP contribution in [0.3, 0.4) is 0 Å². The van der Waals surface area contributed by atoms with Crippen LogP contribution in [0.1, 0.15) is 37.6 Å². The second kappa shape index (κ2) is 11.0. The number of hydrogen-bond donors (Lipinski definition) is 2. The van der Waals surface area contributed by atoms with Crippen molar-refractivity contribution in [2.75, 3.05) is 32.0 Å². The van der Waals surface area contributed by atoms with E-state index in [4.69, 9.17) is 9.47 Å². The van der Waals surface area contributed by atoms with Gasteiger partial charge < -0.3 is 19.7 Å². The summed E-state index contributed by atoms with van der Waals surface area (Å²) in [4.78, 5) is 25.8. The summed E-state index contributed by atoms with van der Waals surface area (Å²) >= 11 is 0. The normalized spacial score (nSPS) is 11.4. The lowest BCUT2D eigenvalue weighted by Crippen LogP contribution is -2.36. The molecule has 0 bridgehead atoms. The molecular formula is C23H31N3O6S. The third-order valence-corrected chi connectivity index (χ3v) is 5.79. The van der Waals surface area contributed by atoms with Gasteiger partial charge in [-0.2, -0.15) is 0 Å². The van der Waals surface area contributed by atoms with Gasteiger partial charge in [-0.1, -0.05) is 6.07 Å². The fraction of sp³-hybridized carbons (Fsp3) is 0.391. The molecule has 0 aliphatic heterocycles. The average Bonchev–Trinajstić information content (AvgIpc) is 2.75. The van der Waals surface area contributed by atoms with Gasteiger partial charge in [-0.05, 0) is 69.7 Å². The number of benzene rings is 2. The smallest absolute Gasteiger partial charge is 0.410 e. The number of carbonyl (C=O) groups excluding carboxylic acids is 2. The second-order valence-corrected chi connectivity index (χ2v) is 10.1. The van der Waals surface area contributed by atoms with E-state index in [1.807, 2.05) is 0 Å². The van der Waals surface area contributed by atoms with Crippen LogP contribution in [0, 0.1) is 0 Å². The van der Waals surface area contributed by atoms with E-state index >= 15 is 0 Å². The Labute approximate surface area is 195 Å². The van der Waals surface area contributed by atoms with Gasteiger partial charge in [0.05, 0.1) is 12.0 Å². The first-order chi connectivity index (χ1) is 15.4. The molecule has 2 aromatic carbocycles. The molecule has 2 N–H and O–H groups in total. The number of nitrogens with zero attached hydrogens (tertiary/aromatic N) is 1. The molecule has 0 aliphatic carbocycles. The number of carbonyl (C=O) groups is 2. The quantitative estimate of drug-likeness (QED) is 0.535. The molecule has 0 radical (unpaired) electrons. The van der Waals surface area contributed by atoms with Gasteiger partial charge >= 0.3 is 6.09 Å². The van der Waals surface area contributed by atoms with Crippen LogP contribution in [0.2, 0.25) is 0 Å². The van der Waals surface area contributed by atoms with Gasteiger partial charge in [-0.3, -0.25) is 9.52 Å². The molecule has 0 aliphatic rings. The number of methoxy groups -OCH3 is 1. The lowest BCUT2D eigenvalue weighted by Gasteiger charge is -2.24. The SMILES string of the molecule is COc1ccc(NS(=O)(=O)c2cccc(C(=O)NCCCN(C)C(=O)OC(C)(C)C)c2)cc1. The van der Waals surface area contributed by atoms with Crippen molar-refractivity contribution >= 4 is 27.7 Å². The highest BCUT2D eigenvalue weighted by Gasteiger charge is 2.19. The van der Waals surface area contributed by atoms with Crippen molar-refractivity contribution in [2.24, 2.45) is 0 Å². The molecule has 0 fully saturated rings. The van der Waals surface area contributed by atoms with Gasteiger partial charge in [0.15, 0.2) is 0 Å². The zero-order chi connectivity index (χ0) is 24.6. The summed E-state index contributed by atoms with van der Waals surface area (Å²) in [5.41, 5.74) is 0.0144. The summed E-state index contributed by atoms with van der Waals surface area (Å²) in [5, 5.41) is 2.74. The molecule has 180 valence electrons. The summed E-state index contributed by atoms with van der Waals surface area (Å²) in [6.07, 6.45) is 0.0782. The zero-order valence-corrected chi connectivity index (χ0v) is 20.4. The van der Waals surface area contributed by atoms with Crippen LogP contribution in [0.25, 0.3) is 0 Å². The Morgan fingerprint density at radius 3 is 2.33 bits per heavy atom. The van der Waals surface area contributed by atoms with Crippen LogP contribution < -0.4 is 14.8 Å². The Bertz CT molecular complexity index is 1060. The van der Waals surface area contributed by atoms with E-state index in [-0.39, 0.29) is 10.5 Å². The summed E-state index contributed by atoms with van der Waals surface area (Å²) in [7, 11) is -0.731. The first-order valence-electron chi connectivity index (χ1n) is 10.4. The van der Waals surface area contributed by atoms with Crippen molar-refractivity contribution < 1.29 is 27.5 Å². The van der Waals surface area contributed by atoms with Crippen LogP contribution in [-0.4, -0.2) is 58.2 Å². The first kappa shape index (κ1) is 26.0. The minimum Gasteiger partial charge on any atom is -0.497 e. The van der Waals surface area contributed by atoms with Crippen molar-refractivity contribution in [3.63, 3.8) is 0 Å². The van der Waals surface area contributed by atoms with E-state index in [2.05, 4.69) is 10.0 Å². The Morgan fingerprint density at radius 2 is 1.73 bits per heavy atom. The number of amides is 2. The van der Waals surface area contributed by atoms with E-state index in [9.17, 15) is 18.0 Å². The maximum atomic E-state index is 12.7. The number of hydrogen-bond acceptors (Lipinski definition) is 6. The molecular weight excluding hydrogens is 446 g/mol. The Hall–Kier alpha value is -3.27. The average molecular weight is 478 g/mol. The van der Waals surface area contributed by atoms with E-state index in [0.717, 1.165) is 0 Å². The molecule has 33 heavy (non-hydrogen) atoms. The van der Waals surface area contributed by atoms with Crippen molar-refractivity contribution in [1.82, 2.24) is 10.2 Å². The Kier molecular flexibility index (Phi) is 8.69. The molecule has 2 amide bonds. The Balaban J connectivity index is 1.92. The third kappa shape index (κ3) is 8.30. The molecule has 0 unspecified atom stereocenters. The van der Waals surface area contributed by atoms with Gasteiger partial charge in [0, 0.05) is 31.4 Å². The largest absolute Gasteiger partial charge is 0.497 e. The van der Waals surface area contributed by atoms with Gasteiger partial charge in [-0.25, -0.2) is 13.2 Å². The van der Waals surface area contributed by atoms with E-state index in [1.54, 1.807) is 52.1 Å². The number of nitrogens with one attached hydrogen (secondary N) is 2. The molecule has 0 saturated heterocycles. The van der Waals surface area contributed by atoms with Crippen molar-refractivity contribution in [3.8, 4) is 5.75 Å². The van der Waals surface area contributed by atoms with E-state index < -0.39 is 27.6 Å². The highest BCUT2D eigenvalue weighted by molar-refractivity contribution is 7.92. The van der Waals surface area contributed by atoms with Gasteiger partial charge in [0.25, 0.3) is 15.9 Å². The second-order valence-electron chi connectivity index (χ2n) is 8.37. The molecule has 0 atom stereocenters. The molecule has 0 spiro atoms. The van der Waals surface area contributed by atoms with E-state index in [0.29, 0.717) is 30.9 Å². The summed E-state index contributed by atoms with van der Waals surface area (Å²) in [6, 6.07) is 12.2. The van der Waals surface area contributed by atoms with Crippen molar-refractivity contribution in [1.29, 1.82) is 0 Å². The molecule has 10 heteroatoms. The molecule has 0 saturated carbocycles. The Morgan fingerprint density at radius 1 is 1.06 bits per heavy atom. The number of rotatable bonds is 9.